The SMILES string of the molecule is COc1cc2c(cc1OC)C1Cc3ccc(O)c(CC=C(C)C)c3OC1CO2. The predicted molar refractivity (Wildman–Crippen MR) is 107 cm³/mol. The number of phenols is 1. The van der Waals surface area contributed by atoms with Gasteiger partial charge in [0.1, 0.15) is 30.0 Å². The van der Waals surface area contributed by atoms with Gasteiger partial charge in [-0.15, -0.1) is 0 Å². The van der Waals surface area contributed by atoms with E-state index in [0.29, 0.717) is 24.5 Å². The Kier molecular flexibility index (Phi) is 4.84. The van der Waals surface area contributed by atoms with Crippen molar-refractivity contribution < 1.29 is 24.1 Å². The molecule has 5 nitrogen and oxygen atoms in total. The van der Waals surface area contributed by atoms with Gasteiger partial charge in [-0.05, 0) is 44.4 Å². The van der Waals surface area contributed by atoms with Gasteiger partial charge < -0.3 is 24.1 Å². The van der Waals surface area contributed by atoms with Crippen molar-refractivity contribution in [1.29, 1.82) is 0 Å². The smallest absolute Gasteiger partial charge is 0.164 e. The lowest BCUT2D eigenvalue weighted by Gasteiger charge is -2.39. The first-order valence-electron chi connectivity index (χ1n) is 9.54. The van der Waals surface area contributed by atoms with Gasteiger partial charge in [0.15, 0.2) is 11.5 Å². The molecule has 0 amide bonds. The van der Waals surface area contributed by atoms with Crippen LogP contribution in [0.1, 0.15) is 36.5 Å². The van der Waals surface area contributed by atoms with Gasteiger partial charge in [0.25, 0.3) is 0 Å². The van der Waals surface area contributed by atoms with Gasteiger partial charge in [0.05, 0.1) is 14.2 Å². The van der Waals surface area contributed by atoms with Crippen LogP contribution in [0.5, 0.6) is 28.7 Å². The molecule has 0 saturated heterocycles. The Hall–Kier alpha value is -2.82. The number of phenolic OH excluding ortho intramolecular Hbond substituents is 1. The maximum Gasteiger partial charge on any atom is 0.164 e. The number of hydrogen-bond donors (Lipinski definition) is 1. The Morgan fingerprint density at radius 3 is 2.64 bits per heavy atom. The van der Waals surface area contributed by atoms with Crippen molar-refractivity contribution in [1.82, 2.24) is 0 Å². The Morgan fingerprint density at radius 2 is 1.93 bits per heavy atom. The monoisotopic (exact) mass is 382 g/mol. The van der Waals surface area contributed by atoms with Crippen LogP contribution >= 0.6 is 0 Å². The summed E-state index contributed by atoms with van der Waals surface area (Å²) in [7, 11) is 3.26. The number of allylic oxidation sites excluding steroid dienone is 2. The fraction of sp³-hybridized carbons (Fsp3) is 0.391. The predicted octanol–water partition coefficient (Wildman–Crippen LogP) is 4.40. The number of methoxy groups -OCH3 is 2. The number of ether oxygens (including phenoxy) is 4. The molecule has 0 radical (unpaired) electrons. The lowest BCUT2D eigenvalue weighted by molar-refractivity contribution is 0.0720. The van der Waals surface area contributed by atoms with Crippen LogP contribution in [0.3, 0.4) is 0 Å². The van der Waals surface area contributed by atoms with E-state index in [9.17, 15) is 5.11 Å². The van der Waals surface area contributed by atoms with Crippen LogP contribution in [0.2, 0.25) is 0 Å². The molecule has 2 aliphatic heterocycles. The Balaban J connectivity index is 1.73. The molecule has 0 spiro atoms. The van der Waals surface area contributed by atoms with E-state index in [1.165, 1.54) is 5.57 Å². The van der Waals surface area contributed by atoms with E-state index >= 15 is 0 Å². The molecule has 148 valence electrons. The summed E-state index contributed by atoms with van der Waals surface area (Å²) in [6.07, 6.45) is 3.48. The molecule has 2 unspecified atom stereocenters. The van der Waals surface area contributed by atoms with Crippen molar-refractivity contribution in [2.24, 2.45) is 0 Å². The number of fused-ring (bicyclic) bond motifs is 4. The van der Waals surface area contributed by atoms with E-state index < -0.39 is 0 Å². The Morgan fingerprint density at radius 1 is 1.18 bits per heavy atom. The molecule has 2 atom stereocenters. The first-order valence-corrected chi connectivity index (χ1v) is 9.54. The van der Waals surface area contributed by atoms with E-state index in [0.717, 1.165) is 34.6 Å². The Bertz CT molecular complexity index is 927. The molecule has 5 heteroatoms. The zero-order valence-electron chi connectivity index (χ0n) is 16.7. The summed E-state index contributed by atoms with van der Waals surface area (Å²) in [6, 6.07) is 7.61. The van der Waals surface area contributed by atoms with E-state index in [4.69, 9.17) is 18.9 Å². The van der Waals surface area contributed by atoms with Crippen molar-refractivity contribution in [3.8, 4) is 28.7 Å². The summed E-state index contributed by atoms with van der Waals surface area (Å²) in [5, 5.41) is 10.4. The van der Waals surface area contributed by atoms with Crippen LogP contribution in [0.25, 0.3) is 0 Å². The molecule has 2 aromatic carbocycles. The van der Waals surface area contributed by atoms with Crippen molar-refractivity contribution in [3.05, 3.63) is 52.6 Å². The summed E-state index contributed by atoms with van der Waals surface area (Å²) >= 11 is 0. The fourth-order valence-electron chi connectivity index (χ4n) is 4.00. The summed E-state index contributed by atoms with van der Waals surface area (Å²) in [4.78, 5) is 0. The maximum absolute atomic E-state index is 10.4. The van der Waals surface area contributed by atoms with Crippen LogP contribution in [-0.4, -0.2) is 32.0 Å². The minimum absolute atomic E-state index is 0.106. The third-order valence-corrected chi connectivity index (χ3v) is 5.51. The normalized spacial score (nSPS) is 19.3. The molecular weight excluding hydrogens is 356 g/mol. The van der Waals surface area contributed by atoms with Gasteiger partial charge in [0.2, 0.25) is 0 Å². The lowest BCUT2D eigenvalue weighted by Crippen LogP contribution is -2.40. The van der Waals surface area contributed by atoms with Crippen LogP contribution in [0, 0.1) is 0 Å². The molecule has 1 N–H and O–H groups in total. The molecule has 28 heavy (non-hydrogen) atoms. The second-order valence-electron chi connectivity index (χ2n) is 7.56. The molecule has 0 bridgehead atoms. The third-order valence-electron chi connectivity index (χ3n) is 5.51. The van der Waals surface area contributed by atoms with Crippen LogP contribution in [-0.2, 0) is 12.8 Å². The maximum atomic E-state index is 10.4. The van der Waals surface area contributed by atoms with Gasteiger partial charge in [-0.2, -0.15) is 0 Å². The van der Waals surface area contributed by atoms with Gasteiger partial charge in [-0.25, -0.2) is 0 Å². The van der Waals surface area contributed by atoms with Crippen molar-refractivity contribution in [3.63, 3.8) is 0 Å². The van der Waals surface area contributed by atoms with Crippen molar-refractivity contribution >= 4 is 0 Å². The van der Waals surface area contributed by atoms with Crippen molar-refractivity contribution in [2.75, 3.05) is 20.8 Å². The molecule has 0 saturated carbocycles. The second kappa shape index (κ2) is 7.30. The zero-order chi connectivity index (χ0) is 19.8. The van der Waals surface area contributed by atoms with E-state index in [2.05, 4.69) is 19.9 Å². The third kappa shape index (κ3) is 3.15. The second-order valence-corrected chi connectivity index (χ2v) is 7.56. The van der Waals surface area contributed by atoms with E-state index in [-0.39, 0.29) is 17.8 Å². The largest absolute Gasteiger partial charge is 0.508 e. The van der Waals surface area contributed by atoms with Crippen LogP contribution in [0.4, 0.5) is 0 Å². The summed E-state index contributed by atoms with van der Waals surface area (Å²) < 4.78 is 23.2. The summed E-state index contributed by atoms with van der Waals surface area (Å²) in [5.74, 6) is 3.40. The number of aromatic hydroxyl groups is 1. The average molecular weight is 382 g/mol. The minimum Gasteiger partial charge on any atom is -0.508 e. The highest BCUT2D eigenvalue weighted by molar-refractivity contribution is 5.57. The molecule has 2 heterocycles. The van der Waals surface area contributed by atoms with Gasteiger partial charge in [0, 0.05) is 23.1 Å². The highest BCUT2D eigenvalue weighted by Gasteiger charge is 2.38. The highest BCUT2D eigenvalue weighted by Crippen LogP contribution is 2.48. The number of rotatable bonds is 4. The number of hydrogen-bond acceptors (Lipinski definition) is 5. The van der Waals surface area contributed by atoms with Crippen LogP contribution in [0.15, 0.2) is 35.9 Å². The van der Waals surface area contributed by atoms with Crippen molar-refractivity contribution in [2.45, 2.75) is 38.7 Å². The molecule has 0 fully saturated rings. The van der Waals surface area contributed by atoms with Gasteiger partial charge in [-0.3, -0.25) is 0 Å². The fourth-order valence-corrected chi connectivity index (χ4v) is 4.00. The topological polar surface area (TPSA) is 57.2 Å². The van der Waals surface area contributed by atoms with E-state index in [1.807, 2.05) is 18.2 Å². The van der Waals surface area contributed by atoms with Gasteiger partial charge >= 0.3 is 0 Å². The first kappa shape index (κ1) is 18.5. The molecule has 4 rings (SSSR count). The molecule has 2 aromatic rings. The lowest BCUT2D eigenvalue weighted by atomic mass is 9.82. The Labute approximate surface area is 165 Å². The number of benzene rings is 2. The minimum atomic E-state index is -0.106. The average Bonchev–Trinajstić information content (AvgIpc) is 2.70. The quantitative estimate of drug-likeness (QED) is 0.795. The summed E-state index contributed by atoms with van der Waals surface area (Å²) in [5.41, 5.74) is 4.23. The summed E-state index contributed by atoms with van der Waals surface area (Å²) in [6.45, 7) is 4.57. The molecule has 0 aliphatic carbocycles. The zero-order valence-corrected chi connectivity index (χ0v) is 16.7. The molecule has 2 aliphatic rings. The van der Waals surface area contributed by atoms with Gasteiger partial charge in [-0.1, -0.05) is 17.7 Å². The standard InChI is InChI=1S/C23H26O5/c1-13(2)5-7-15-18(24)8-6-14-9-16-17-10-20(25-3)21(26-4)11-19(17)27-12-22(16)28-23(14)15/h5-6,8,10-11,16,22,24H,7,9,12H2,1-4H3. The first-order chi connectivity index (χ1) is 13.5. The van der Waals surface area contributed by atoms with E-state index in [1.54, 1.807) is 20.3 Å². The molecular formula is C23H26O5. The van der Waals surface area contributed by atoms with Crippen LogP contribution < -0.4 is 18.9 Å². The molecule has 0 aromatic heterocycles. The highest BCUT2D eigenvalue weighted by atomic mass is 16.5.